The summed E-state index contributed by atoms with van der Waals surface area (Å²) >= 11 is 1.72. The molecule has 0 N–H and O–H groups in total. The van der Waals surface area contributed by atoms with Gasteiger partial charge < -0.3 is 24.5 Å². The highest BCUT2D eigenvalue weighted by atomic mass is 32.1. The fourth-order valence-corrected chi connectivity index (χ4v) is 8.36. The van der Waals surface area contributed by atoms with Gasteiger partial charge in [-0.15, -0.1) is 11.3 Å². The second-order valence-corrected chi connectivity index (χ2v) is 13.8. The molecule has 8 nitrogen and oxygen atoms in total. The normalized spacial score (nSPS) is 22.2. The lowest BCUT2D eigenvalue weighted by Gasteiger charge is -2.37. The van der Waals surface area contributed by atoms with Crippen molar-refractivity contribution in [3.63, 3.8) is 0 Å². The smallest absolute Gasteiger partial charge is 0.228 e. The lowest BCUT2D eigenvalue weighted by molar-refractivity contribution is -0.135. The number of amides is 1. The molecule has 0 bridgehead atoms. The molecule has 2 aromatic heterocycles. The van der Waals surface area contributed by atoms with Crippen LogP contribution >= 0.6 is 11.3 Å². The Morgan fingerprint density at radius 2 is 1.72 bits per heavy atom. The minimum Gasteiger partial charge on any atom is -0.356 e. The van der Waals surface area contributed by atoms with E-state index in [0.29, 0.717) is 18.5 Å². The second-order valence-electron chi connectivity index (χ2n) is 12.9. The summed E-state index contributed by atoms with van der Waals surface area (Å²) in [6.45, 7) is 12.9. The molecule has 232 valence electrons. The fourth-order valence-electron chi connectivity index (χ4n) is 7.42. The van der Waals surface area contributed by atoms with Gasteiger partial charge in [0.05, 0.1) is 11.3 Å². The van der Waals surface area contributed by atoms with Crippen LogP contribution in [0.4, 0.5) is 11.8 Å². The molecule has 3 aromatic rings. The predicted molar refractivity (Wildman–Crippen MR) is 179 cm³/mol. The van der Waals surface area contributed by atoms with Crippen molar-refractivity contribution in [3.8, 4) is 11.1 Å². The molecule has 2 atom stereocenters. The summed E-state index contributed by atoms with van der Waals surface area (Å²) in [5.41, 5.74) is 2.44. The molecular weight excluding hydrogens is 554 g/mol. The van der Waals surface area contributed by atoms with Gasteiger partial charge in [-0.1, -0.05) is 30.3 Å². The van der Waals surface area contributed by atoms with E-state index in [1.54, 1.807) is 11.3 Å². The number of aromatic nitrogens is 2. The van der Waals surface area contributed by atoms with E-state index < -0.39 is 0 Å². The molecule has 1 amide bonds. The van der Waals surface area contributed by atoms with Crippen molar-refractivity contribution in [1.82, 2.24) is 24.7 Å². The van der Waals surface area contributed by atoms with Crippen molar-refractivity contribution in [2.24, 2.45) is 11.8 Å². The lowest BCUT2D eigenvalue weighted by atomic mass is 9.95. The fraction of sp³-hybridized carbons (Fsp3) is 0.618. The van der Waals surface area contributed by atoms with Gasteiger partial charge in [-0.3, -0.25) is 4.79 Å². The van der Waals surface area contributed by atoms with Crippen LogP contribution in [0, 0.1) is 11.8 Å². The Kier molecular flexibility index (Phi) is 9.50. The van der Waals surface area contributed by atoms with Gasteiger partial charge in [-0.2, -0.15) is 4.98 Å². The summed E-state index contributed by atoms with van der Waals surface area (Å²) in [6.07, 6.45) is 5.58. The Morgan fingerprint density at radius 1 is 0.953 bits per heavy atom. The first-order valence-electron chi connectivity index (χ1n) is 16.5. The summed E-state index contributed by atoms with van der Waals surface area (Å²) in [6, 6.07) is 11.4. The molecule has 5 heterocycles. The quantitative estimate of drug-likeness (QED) is 0.329. The molecule has 9 heteroatoms. The number of likely N-dealkylation sites (tertiary alicyclic amines) is 1. The first kappa shape index (κ1) is 30.3. The summed E-state index contributed by atoms with van der Waals surface area (Å²) in [7, 11) is 4.56. The largest absolute Gasteiger partial charge is 0.356 e. The Balaban J connectivity index is 1.26. The van der Waals surface area contributed by atoms with Crippen molar-refractivity contribution >= 4 is 39.2 Å². The molecule has 0 spiro atoms. The number of piperidine rings is 2. The number of hydrogen-bond acceptors (Lipinski definition) is 8. The first-order valence-corrected chi connectivity index (χ1v) is 17.3. The Bertz CT molecular complexity index is 1370. The van der Waals surface area contributed by atoms with E-state index in [2.05, 4.69) is 83.3 Å². The van der Waals surface area contributed by atoms with Gasteiger partial charge in [0.2, 0.25) is 11.9 Å². The third kappa shape index (κ3) is 6.54. The molecule has 0 radical (unpaired) electrons. The number of likely N-dealkylation sites (N-methyl/N-ethyl adjacent to an activating group) is 2. The standard InChI is InChI=1S/C34H49N7OS/c1-5-39(6-2)33(42)27-13-10-17-41(22-27)34-35-31(30-29(24-43-32(30)36-34)26-11-8-7-9-12-26)40-19-14-25(15-20-40)21-38(4)28-16-18-37(3)23-28/h7-9,11-12,24-25,27-28H,5-6,10,13-23H2,1-4H3. The lowest BCUT2D eigenvalue weighted by Crippen LogP contribution is -2.45. The van der Waals surface area contributed by atoms with Crippen molar-refractivity contribution in [2.45, 2.75) is 52.0 Å². The number of benzene rings is 1. The average molecular weight is 604 g/mol. The predicted octanol–water partition coefficient (Wildman–Crippen LogP) is 5.30. The van der Waals surface area contributed by atoms with Crippen LogP contribution in [0.3, 0.4) is 0 Å². The van der Waals surface area contributed by atoms with E-state index in [-0.39, 0.29) is 11.8 Å². The molecule has 6 rings (SSSR count). The topological polar surface area (TPSA) is 59.1 Å². The first-order chi connectivity index (χ1) is 20.9. The number of nitrogens with zero attached hydrogens (tertiary/aromatic N) is 7. The van der Waals surface area contributed by atoms with Gasteiger partial charge in [0, 0.05) is 69.3 Å². The van der Waals surface area contributed by atoms with Crippen LogP contribution in [-0.4, -0.2) is 110 Å². The van der Waals surface area contributed by atoms with E-state index in [4.69, 9.17) is 9.97 Å². The zero-order valence-electron chi connectivity index (χ0n) is 26.5. The molecule has 3 fully saturated rings. The van der Waals surface area contributed by atoms with Crippen LogP contribution in [0.5, 0.6) is 0 Å². The van der Waals surface area contributed by atoms with Gasteiger partial charge in [0.25, 0.3) is 0 Å². The Morgan fingerprint density at radius 3 is 2.42 bits per heavy atom. The molecule has 3 aliphatic heterocycles. The number of carbonyl (C=O) groups is 1. The zero-order chi connectivity index (χ0) is 29.9. The SMILES string of the molecule is CCN(CC)C(=O)C1CCCN(c2nc(N3CCC(CN(C)C4CCN(C)C4)CC3)c3c(-c4ccccc4)csc3n2)C1. The van der Waals surface area contributed by atoms with Crippen LogP contribution in [0.25, 0.3) is 21.3 Å². The number of thiophene rings is 1. The van der Waals surface area contributed by atoms with Crippen molar-refractivity contribution < 1.29 is 4.79 Å². The Hall–Kier alpha value is -2.75. The Labute approximate surface area is 261 Å². The van der Waals surface area contributed by atoms with E-state index in [1.807, 2.05) is 4.90 Å². The monoisotopic (exact) mass is 603 g/mol. The maximum absolute atomic E-state index is 13.3. The number of fused-ring (bicyclic) bond motifs is 1. The number of anilines is 2. The van der Waals surface area contributed by atoms with Gasteiger partial charge in [0.1, 0.15) is 10.6 Å². The van der Waals surface area contributed by atoms with Crippen molar-refractivity contribution in [1.29, 1.82) is 0 Å². The summed E-state index contributed by atoms with van der Waals surface area (Å²) in [4.78, 5) is 36.7. The van der Waals surface area contributed by atoms with E-state index in [9.17, 15) is 4.79 Å². The minimum atomic E-state index is 0.00648. The maximum atomic E-state index is 13.3. The van der Waals surface area contributed by atoms with Gasteiger partial charge in [-0.05, 0) is 78.1 Å². The molecule has 3 saturated heterocycles. The average Bonchev–Trinajstić information content (AvgIpc) is 3.68. The van der Waals surface area contributed by atoms with Crippen LogP contribution in [0.2, 0.25) is 0 Å². The zero-order valence-corrected chi connectivity index (χ0v) is 27.4. The maximum Gasteiger partial charge on any atom is 0.228 e. The number of carbonyl (C=O) groups excluding carboxylic acids is 1. The van der Waals surface area contributed by atoms with E-state index >= 15 is 0 Å². The third-order valence-electron chi connectivity index (χ3n) is 10.1. The summed E-state index contributed by atoms with van der Waals surface area (Å²) in [5.74, 6) is 2.85. The van der Waals surface area contributed by atoms with E-state index in [1.165, 1.54) is 55.4 Å². The van der Waals surface area contributed by atoms with Gasteiger partial charge >= 0.3 is 0 Å². The molecule has 0 aliphatic carbocycles. The minimum absolute atomic E-state index is 0.00648. The molecule has 2 unspecified atom stereocenters. The van der Waals surface area contributed by atoms with Crippen LogP contribution in [-0.2, 0) is 4.79 Å². The van der Waals surface area contributed by atoms with Crippen LogP contribution < -0.4 is 9.80 Å². The van der Waals surface area contributed by atoms with Gasteiger partial charge in [0.15, 0.2) is 0 Å². The summed E-state index contributed by atoms with van der Waals surface area (Å²) in [5, 5.41) is 3.43. The molecule has 3 aliphatic rings. The van der Waals surface area contributed by atoms with Crippen molar-refractivity contribution in [3.05, 3.63) is 35.7 Å². The molecule has 43 heavy (non-hydrogen) atoms. The van der Waals surface area contributed by atoms with Crippen LogP contribution in [0.15, 0.2) is 35.7 Å². The summed E-state index contributed by atoms with van der Waals surface area (Å²) < 4.78 is 0. The number of hydrogen-bond donors (Lipinski definition) is 0. The highest BCUT2D eigenvalue weighted by Gasteiger charge is 2.32. The van der Waals surface area contributed by atoms with E-state index in [0.717, 1.165) is 62.2 Å². The highest BCUT2D eigenvalue weighted by molar-refractivity contribution is 7.17. The third-order valence-corrected chi connectivity index (χ3v) is 10.9. The molecule has 0 saturated carbocycles. The number of rotatable bonds is 9. The molecule has 1 aromatic carbocycles. The van der Waals surface area contributed by atoms with Crippen LogP contribution in [0.1, 0.15) is 46.0 Å². The second kappa shape index (κ2) is 13.5. The van der Waals surface area contributed by atoms with Crippen molar-refractivity contribution in [2.75, 3.05) is 82.8 Å². The van der Waals surface area contributed by atoms with Gasteiger partial charge in [-0.25, -0.2) is 4.98 Å². The highest BCUT2D eigenvalue weighted by Crippen LogP contribution is 2.41. The molecular formula is C34H49N7OS.